The topological polar surface area (TPSA) is 97.1 Å². The van der Waals surface area contributed by atoms with E-state index in [4.69, 9.17) is 23.8 Å². The third-order valence-electron chi connectivity index (χ3n) is 7.44. The molecule has 0 amide bonds. The van der Waals surface area contributed by atoms with Crippen LogP contribution in [0.5, 0.6) is 0 Å². The van der Waals surface area contributed by atoms with Crippen molar-refractivity contribution in [1.29, 1.82) is 0 Å². The number of aryl methyl sites for hydroxylation is 1. The Morgan fingerprint density at radius 3 is 2.12 bits per heavy atom. The molecule has 3 rings (SSSR count). The highest BCUT2D eigenvalue weighted by atomic mass is 32.2. The van der Waals surface area contributed by atoms with E-state index < -0.39 is 35.9 Å². The van der Waals surface area contributed by atoms with Crippen LogP contribution in [0, 0.1) is 6.92 Å². The Kier molecular flexibility index (Phi) is 7.86. The number of ether oxygens (including phenoxy) is 2. The van der Waals surface area contributed by atoms with Crippen molar-refractivity contribution in [3.05, 3.63) is 29.8 Å². The third-order valence-corrected chi connectivity index (χ3v) is 13.3. The van der Waals surface area contributed by atoms with Crippen LogP contribution in [0.25, 0.3) is 0 Å². The van der Waals surface area contributed by atoms with Gasteiger partial charge in [-0.1, -0.05) is 38.5 Å². The van der Waals surface area contributed by atoms with E-state index in [1.165, 1.54) is 0 Å². The van der Waals surface area contributed by atoms with Gasteiger partial charge in [0, 0.05) is 18.4 Å². The zero-order valence-corrected chi connectivity index (χ0v) is 22.8. The van der Waals surface area contributed by atoms with E-state index in [-0.39, 0.29) is 16.5 Å². The minimum Gasteiger partial charge on any atom is -0.411 e. The van der Waals surface area contributed by atoms with Gasteiger partial charge in [-0.25, -0.2) is 0 Å². The first-order valence-electron chi connectivity index (χ1n) is 11.9. The summed E-state index contributed by atoms with van der Waals surface area (Å²) < 4.78 is 49.5. The van der Waals surface area contributed by atoms with Crippen LogP contribution < -0.4 is 5.73 Å². The molecule has 1 aromatic rings. The standard InChI is InChI=1S/C24H41NO6SSi/c1-19-7-9-21(10-8-19)32(26,27)30-18-20(31-33(5,6)22(2,3)4)17-23(25)11-13-24(14-12-23)28-15-16-29-24/h7-10,20H,11-18,25H2,1-6H3. The van der Waals surface area contributed by atoms with Crippen LogP contribution in [0.4, 0.5) is 0 Å². The van der Waals surface area contributed by atoms with Gasteiger partial charge in [0.25, 0.3) is 10.1 Å². The van der Waals surface area contributed by atoms with Crippen LogP contribution in [0.15, 0.2) is 29.2 Å². The predicted octanol–water partition coefficient (Wildman–Crippen LogP) is 4.50. The van der Waals surface area contributed by atoms with Crippen LogP contribution in [-0.2, 0) is 28.2 Å². The van der Waals surface area contributed by atoms with E-state index >= 15 is 0 Å². The highest BCUT2D eigenvalue weighted by Crippen LogP contribution is 2.43. The normalized spacial score (nSPS) is 21.9. The van der Waals surface area contributed by atoms with Crippen molar-refractivity contribution in [1.82, 2.24) is 0 Å². The molecule has 33 heavy (non-hydrogen) atoms. The molecule has 1 unspecified atom stereocenters. The first-order valence-corrected chi connectivity index (χ1v) is 16.2. The number of nitrogens with two attached hydrogens (primary N) is 1. The van der Waals surface area contributed by atoms with Gasteiger partial charge in [-0.15, -0.1) is 0 Å². The SMILES string of the molecule is Cc1ccc(S(=O)(=O)OCC(CC2(N)CCC3(CC2)OCCO3)O[Si](C)(C)C(C)(C)C)cc1. The summed E-state index contributed by atoms with van der Waals surface area (Å²) in [7, 11) is -6.07. The van der Waals surface area contributed by atoms with Crippen LogP contribution in [0.3, 0.4) is 0 Å². The maximum absolute atomic E-state index is 12.8. The molecular weight excluding hydrogens is 458 g/mol. The van der Waals surface area contributed by atoms with E-state index in [9.17, 15) is 8.42 Å². The van der Waals surface area contributed by atoms with Gasteiger partial charge < -0.3 is 19.6 Å². The Morgan fingerprint density at radius 1 is 1.06 bits per heavy atom. The van der Waals surface area contributed by atoms with E-state index in [1.807, 2.05) is 6.92 Å². The minimum absolute atomic E-state index is 0.0228. The molecular formula is C24H41NO6SSi. The van der Waals surface area contributed by atoms with Gasteiger partial charge in [-0.2, -0.15) is 8.42 Å². The Balaban J connectivity index is 1.73. The van der Waals surface area contributed by atoms with E-state index in [0.717, 1.165) is 31.2 Å². The highest BCUT2D eigenvalue weighted by molar-refractivity contribution is 7.86. The summed E-state index contributed by atoms with van der Waals surface area (Å²) in [6, 6.07) is 6.67. The fourth-order valence-corrected chi connectivity index (χ4v) is 6.51. The van der Waals surface area contributed by atoms with Crippen molar-refractivity contribution >= 4 is 18.4 Å². The molecule has 1 spiro atoms. The van der Waals surface area contributed by atoms with Gasteiger partial charge >= 0.3 is 0 Å². The first kappa shape index (κ1) is 26.8. The minimum atomic E-state index is -3.89. The molecule has 1 aromatic carbocycles. The number of hydrogen-bond donors (Lipinski definition) is 1. The summed E-state index contributed by atoms with van der Waals surface area (Å²) in [5.74, 6) is -0.496. The number of rotatable bonds is 8. The quantitative estimate of drug-likeness (QED) is 0.415. The molecule has 1 aliphatic heterocycles. The Hall–Kier alpha value is -0.813. The van der Waals surface area contributed by atoms with Crippen molar-refractivity contribution in [2.75, 3.05) is 19.8 Å². The smallest absolute Gasteiger partial charge is 0.297 e. The summed E-state index contributed by atoms with van der Waals surface area (Å²) in [5.41, 5.74) is 7.33. The largest absolute Gasteiger partial charge is 0.411 e. The molecule has 1 saturated carbocycles. The third kappa shape index (κ3) is 6.65. The summed E-state index contributed by atoms with van der Waals surface area (Å²) in [4.78, 5) is 0.150. The molecule has 188 valence electrons. The van der Waals surface area contributed by atoms with Gasteiger partial charge in [0.15, 0.2) is 14.1 Å². The Labute approximate surface area is 200 Å². The van der Waals surface area contributed by atoms with Crippen molar-refractivity contribution in [2.45, 2.75) is 100 Å². The summed E-state index contributed by atoms with van der Waals surface area (Å²) in [6.07, 6.45) is 3.04. The first-order chi connectivity index (χ1) is 15.2. The maximum Gasteiger partial charge on any atom is 0.297 e. The van der Waals surface area contributed by atoms with Crippen molar-refractivity contribution in [3.8, 4) is 0 Å². The summed E-state index contributed by atoms with van der Waals surface area (Å²) in [6.45, 7) is 13.9. The predicted molar refractivity (Wildman–Crippen MR) is 131 cm³/mol. The number of benzene rings is 1. The molecule has 1 atom stereocenters. The average molecular weight is 500 g/mol. The van der Waals surface area contributed by atoms with E-state index in [1.54, 1.807) is 24.3 Å². The van der Waals surface area contributed by atoms with Crippen LogP contribution in [-0.4, -0.2) is 54.0 Å². The maximum atomic E-state index is 12.8. The van der Waals surface area contributed by atoms with Crippen molar-refractivity contribution < 1.29 is 26.5 Å². The molecule has 0 aromatic heterocycles. The molecule has 2 aliphatic rings. The van der Waals surface area contributed by atoms with Gasteiger partial charge in [0.1, 0.15) is 0 Å². The molecule has 9 heteroatoms. The van der Waals surface area contributed by atoms with Crippen molar-refractivity contribution in [3.63, 3.8) is 0 Å². The van der Waals surface area contributed by atoms with Crippen LogP contribution in [0.2, 0.25) is 18.1 Å². The second-order valence-corrected chi connectivity index (χ2v) is 17.6. The lowest BCUT2D eigenvalue weighted by Gasteiger charge is -2.45. The molecule has 7 nitrogen and oxygen atoms in total. The summed E-state index contributed by atoms with van der Waals surface area (Å²) >= 11 is 0. The van der Waals surface area contributed by atoms with Gasteiger partial charge in [-0.05, 0) is 56.5 Å². The van der Waals surface area contributed by atoms with E-state index in [0.29, 0.717) is 19.6 Å². The zero-order chi connectivity index (χ0) is 24.5. The fourth-order valence-electron chi connectivity index (χ4n) is 4.24. The highest BCUT2D eigenvalue weighted by Gasteiger charge is 2.47. The summed E-state index contributed by atoms with van der Waals surface area (Å²) in [5, 5.41) is -0.0228. The fraction of sp³-hybridized carbons (Fsp3) is 0.750. The lowest BCUT2D eigenvalue weighted by Crippen LogP contribution is -2.53. The molecule has 1 aliphatic carbocycles. The average Bonchev–Trinajstić information content (AvgIpc) is 3.17. The van der Waals surface area contributed by atoms with E-state index in [2.05, 4.69) is 33.9 Å². The Morgan fingerprint density at radius 2 is 1.61 bits per heavy atom. The molecule has 2 N–H and O–H groups in total. The molecule has 1 saturated heterocycles. The molecule has 1 heterocycles. The second-order valence-electron chi connectivity index (χ2n) is 11.2. The van der Waals surface area contributed by atoms with Gasteiger partial charge in [0.05, 0.1) is 30.8 Å². The molecule has 0 radical (unpaired) electrons. The number of hydrogen-bond acceptors (Lipinski definition) is 7. The van der Waals surface area contributed by atoms with Crippen LogP contribution >= 0.6 is 0 Å². The van der Waals surface area contributed by atoms with Gasteiger partial charge in [0.2, 0.25) is 0 Å². The molecule has 0 bridgehead atoms. The lowest BCUT2D eigenvalue weighted by atomic mass is 9.76. The monoisotopic (exact) mass is 499 g/mol. The molecule has 2 fully saturated rings. The van der Waals surface area contributed by atoms with Gasteiger partial charge in [-0.3, -0.25) is 4.18 Å². The Bertz CT molecular complexity index is 894. The second kappa shape index (κ2) is 9.68. The van der Waals surface area contributed by atoms with Crippen molar-refractivity contribution in [2.24, 2.45) is 5.73 Å². The lowest BCUT2D eigenvalue weighted by molar-refractivity contribution is -0.185. The zero-order valence-electron chi connectivity index (χ0n) is 21.0. The van der Waals surface area contributed by atoms with Crippen LogP contribution in [0.1, 0.15) is 58.4 Å².